The van der Waals surface area contributed by atoms with Crippen molar-refractivity contribution in [2.75, 3.05) is 19.0 Å². The van der Waals surface area contributed by atoms with Gasteiger partial charge in [0.1, 0.15) is 35.3 Å². The van der Waals surface area contributed by atoms with Gasteiger partial charge in [-0.3, -0.25) is 14.9 Å². The predicted octanol–water partition coefficient (Wildman–Crippen LogP) is 4.43. The second kappa shape index (κ2) is 9.46. The van der Waals surface area contributed by atoms with Crippen LogP contribution in [0.1, 0.15) is 23.2 Å². The molecule has 0 fully saturated rings. The molecule has 0 saturated heterocycles. The van der Waals surface area contributed by atoms with Crippen molar-refractivity contribution in [1.82, 2.24) is 0 Å². The average molecular weight is 412 g/mol. The molecule has 2 aromatic carbocycles. The van der Waals surface area contributed by atoms with Crippen LogP contribution in [0, 0.1) is 10.1 Å². The maximum absolute atomic E-state index is 12.4. The summed E-state index contributed by atoms with van der Waals surface area (Å²) in [6.45, 7) is 2.26. The van der Waals surface area contributed by atoms with Crippen molar-refractivity contribution >= 4 is 17.3 Å². The maximum Gasteiger partial charge on any atom is 0.296 e. The van der Waals surface area contributed by atoms with E-state index in [0.29, 0.717) is 29.6 Å². The fourth-order valence-electron chi connectivity index (χ4n) is 2.61. The fourth-order valence-corrected chi connectivity index (χ4v) is 2.61. The molecule has 1 aromatic heterocycles. The Morgan fingerprint density at radius 3 is 2.40 bits per heavy atom. The van der Waals surface area contributed by atoms with Crippen LogP contribution in [0.25, 0.3) is 0 Å². The van der Waals surface area contributed by atoms with Gasteiger partial charge in [0, 0.05) is 0 Å². The van der Waals surface area contributed by atoms with Crippen molar-refractivity contribution < 1.29 is 28.3 Å². The van der Waals surface area contributed by atoms with E-state index in [0.717, 1.165) is 0 Å². The topological polar surface area (TPSA) is 113 Å². The minimum atomic E-state index is -0.613. The quantitative estimate of drug-likeness (QED) is 0.409. The van der Waals surface area contributed by atoms with Crippen molar-refractivity contribution in [2.45, 2.75) is 13.5 Å². The highest BCUT2D eigenvalue weighted by Crippen LogP contribution is 2.29. The van der Waals surface area contributed by atoms with Gasteiger partial charge in [-0.25, -0.2) is 0 Å². The molecule has 1 amide bonds. The zero-order valence-corrected chi connectivity index (χ0v) is 16.4. The third kappa shape index (κ3) is 5.07. The lowest BCUT2D eigenvalue weighted by atomic mass is 10.2. The van der Waals surface area contributed by atoms with Crippen LogP contribution >= 0.6 is 0 Å². The minimum absolute atomic E-state index is 0.00603. The normalized spacial score (nSPS) is 10.3. The fraction of sp³-hybridized carbons (Fsp3) is 0.190. The van der Waals surface area contributed by atoms with Crippen LogP contribution in [0.4, 0.5) is 11.4 Å². The van der Waals surface area contributed by atoms with E-state index in [-0.39, 0.29) is 23.7 Å². The Bertz CT molecular complexity index is 1030. The van der Waals surface area contributed by atoms with Crippen LogP contribution in [-0.2, 0) is 6.61 Å². The molecule has 0 saturated carbocycles. The molecular formula is C21H20N2O7. The number of nitrogens with one attached hydrogen (secondary N) is 1. The first-order valence-corrected chi connectivity index (χ1v) is 9.08. The molecule has 0 atom stereocenters. The first kappa shape index (κ1) is 20.7. The van der Waals surface area contributed by atoms with E-state index < -0.39 is 10.8 Å². The number of nitro groups is 1. The van der Waals surface area contributed by atoms with Crippen LogP contribution in [0.15, 0.2) is 59.0 Å². The van der Waals surface area contributed by atoms with Gasteiger partial charge in [-0.2, -0.15) is 0 Å². The standard InChI is InChI=1S/C21H20N2O7/c1-3-28-16-8-10-18(19(12-16)23(25)26)22-21(24)20-11-9-17(30-20)13-29-15-6-4-14(27-2)5-7-15/h4-12H,3,13H2,1-2H3,(H,22,24). The Hall–Kier alpha value is -4.01. The van der Waals surface area contributed by atoms with Crippen molar-refractivity contribution in [1.29, 1.82) is 0 Å². The molecule has 0 aliphatic heterocycles. The summed E-state index contributed by atoms with van der Waals surface area (Å²) < 4.78 is 21.4. The van der Waals surface area contributed by atoms with Gasteiger partial charge in [0.15, 0.2) is 5.76 Å². The third-order valence-electron chi connectivity index (χ3n) is 4.05. The van der Waals surface area contributed by atoms with Gasteiger partial charge >= 0.3 is 0 Å². The summed E-state index contributed by atoms with van der Waals surface area (Å²) in [5.41, 5.74) is -0.232. The summed E-state index contributed by atoms with van der Waals surface area (Å²) in [7, 11) is 1.58. The number of hydrogen-bond donors (Lipinski definition) is 1. The summed E-state index contributed by atoms with van der Waals surface area (Å²) in [6, 6.07) is 14.3. The number of methoxy groups -OCH3 is 1. The molecule has 0 bridgehead atoms. The zero-order valence-electron chi connectivity index (χ0n) is 16.4. The highest BCUT2D eigenvalue weighted by molar-refractivity contribution is 6.03. The second-order valence-corrected chi connectivity index (χ2v) is 6.05. The van der Waals surface area contributed by atoms with Gasteiger partial charge in [-0.15, -0.1) is 0 Å². The average Bonchev–Trinajstić information content (AvgIpc) is 3.23. The number of hydrogen-bond acceptors (Lipinski definition) is 7. The molecule has 0 radical (unpaired) electrons. The summed E-state index contributed by atoms with van der Waals surface area (Å²) in [4.78, 5) is 23.2. The smallest absolute Gasteiger partial charge is 0.296 e. The van der Waals surface area contributed by atoms with E-state index in [9.17, 15) is 14.9 Å². The summed E-state index contributed by atoms with van der Waals surface area (Å²) >= 11 is 0. The summed E-state index contributed by atoms with van der Waals surface area (Å²) in [5, 5.41) is 13.8. The summed E-state index contributed by atoms with van der Waals surface area (Å²) in [6.07, 6.45) is 0. The number of anilines is 1. The lowest BCUT2D eigenvalue weighted by Gasteiger charge is -2.07. The number of carbonyl (C=O) groups is 1. The van der Waals surface area contributed by atoms with Crippen LogP contribution in [0.5, 0.6) is 17.2 Å². The van der Waals surface area contributed by atoms with Gasteiger partial charge in [-0.05, 0) is 55.5 Å². The molecular weight excluding hydrogens is 392 g/mol. The van der Waals surface area contributed by atoms with Gasteiger partial charge in [0.25, 0.3) is 11.6 Å². The van der Waals surface area contributed by atoms with Gasteiger partial charge < -0.3 is 23.9 Å². The molecule has 3 rings (SSSR count). The number of amides is 1. The van der Waals surface area contributed by atoms with Crippen molar-refractivity contribution in [2.24, 2.45) is 0 Å². The van der Waals surface area contributed by atoms with E-state index in [1.54, 1.807) is 50.4 Å². The van der Waals surface area contributed by atoms with Crippen molar-refractivity contribution in [3.05, 3.63) is 76.2 Å². The SMILES string of the molecule is CCOc1ccc(NC(=O)c2ccc(COc3ccc(OC)cc3)o2)c([N+](=O)[O-])c1. The number of nitrogens with zero attached hydrogens (tertiary/aromatic N) is 1. The molecule has 0 aliphatic carbocycles. The summed E-state index contributed by atoms with van der Waals surface area (Å²) in [5.74, 6) is 1.49. The lowest BCUT2D eigenvalue weighted by Crippen LogP contribution is -2.12. The minimum Gasteiger partial charge on any atom is -0.497 e. The Morgan fingerprint density at radius 2 is 1.73 bits per heavy atom. The van der Waals surface area contributed by atoms with E-state index in [2.05, 4.69) is 5.32 Å². The Morgan fingerprint density at radius 1 is 1.03 bits per heavy atom. The van der Waals surface area contributed by atoms with E-state index >= 15 is 0 Å². The highest BCUT2D eigenvalue weighted by atomic mass is 16.6. The molecule has 3 aromatic rings. The molecule has 1 heterocycles. The van der Waals surface area contributed by atoms with Crippen LogP contribution < -0.4 is 19.5 Å². The Kier molecular flexibility index (Phi) is 6.53. The number of rotatable bonds is 9. The van der Waals surface area contributed by atoms with E-state index in [4.69, 9.17) is 18.6 Å². The highest BCUT2D eigenvalue weighted by Gasteiger charge is 2.20. The molecule has 0 spiro atoms. The number of ether oxygens (including phenoxy) is 3. The maximum atomic E-state index is 12.4. The Balaban J connectivity index is 1.65. The zero-order chi connectivity index (χ0) is 21.5. The van der Waals surface area contributed by atoms with Crippen LogP contribution in [0.3, 0.4) is 0 Å². The third-order valence-corrected chi connectivity index (χ3v) is 4.05. The first-order chi connectivity index (χ1) is 14.5. The number of carbonyl (C=O) groups excluding carboxylic acids is 1. The second-order valence-electron chi connectivity index (χ2n) is 6.05. The number of benzene rings is 2. The molecule has 9 nitrogen and oxygen atoms in total. The number of nitro benzene ring substituents is 1. The predicted molar refractivity (Wildman–Crippen MR) is 108 cm³/mol. The van der Waals surface area contributed by atoms with E-state index in [1.165, 1.54) is 18.2 Å². The molecule has 156 valence electrons. The first-order valence-electron chi connectivity index (χ1n) is 9.08. The molecule has 1 N–H and O–H groups in total. The van der Waals surface area contributed by atoms with Gasteiger partial charge in [0.05, 0.1) is 24.7 Å². The van der Waals surface area contributed by atoms with Crippen molar-refractivity contribution in [3.8, 4) is 17.2 Å². The molecule has 0 aliphatic rings. The van der Waals surface area contributed by atoms with Crippen molar-refractivity contribution in [3.63, 3.8) is 0 Å². The van der Waals surface area contributed by atoms with Gasteiger partial charge in [-0.1, -0.05) is 0 Å². The molecule has 9 heteroatoms. The Labute approximate surface area is 172 Å². The monoisotopic (exact) mass is 412 g/mol. The molecule has 0 unspecified atom stereocenters. The van der Waals surface area contributed by atoms with Crippen LogP contribution in [-0.4, -0.2) is 24.5 Å². The van der Waals surface area contributed by atoms with Gasteiger partial charge in [0.2, 0.25) is 0 Å². The van der Waals surface area contributed by atoms with Crippen LogP contribution in [0.2, 0.25) is 0 Å². The number of furan rings is 1. The van der Waals surface area contributed by atoms with E-state index in [1.807, 2.05) is 0 Å². The molecule has 30 heavy (non-hydrogen) atoms. The largest absolute Gasteiger partial charge is 0.497 e. The lowest BCUT2D eigenvalue weighted by molar-refractivity contribution is -0.384.